The van der Waals surface area contributed by atoms with Gasteiger partial charge in [0.2, 0.25) is 0 Å². The molecule has 4 aromatic carbocycles. The molecule has 2 aliphatic heterocycles. The molecule has 0 saturated heterocycles. The van der Waals surface area contributed by atoms with Crippen LogP contribution in [0.25, 0.3) is 0 Å². The summed E-state index contributed by atoms with van der Waals surface area (Å²) in [5, 5.41) is 13.7. The molecule has 0 radical (unpaired) electrons. The molecule has 200 valence electrons. The molecule has 39 heavy (non-hydrogen) atoms. The van der Waals surface area contributed by atoms with Crippen LogP contribution in [-0.2, 0) is 0 Å². The zero-order valence-corrected chi connectivity index (χ0v) is 21.6. The predicted molar refractivity (Wildman–Crippen MR) is 154 cm³/mol. The zero-order valence-electron chi connectivity index (χ0n) is 21.6. The second-order valence-corrected chi connectivity index (χ2v) is 9.70. The van der Waals surface area contributed by atoms with Crippen molar-refractivity contribution < 1.29 is 18.9 Å². The Morgan fingerprint density at radius 3 is 0.923 bits per heavy atom. The van der Waals surface area contributed by atoms with Crippen LogP contribution in [0.15, 0.2) is 97.1 Å². The summed E-state index contributed by atoms with van der Waals surface area (Å²) in [6.07, 6.45) is 0. The first-order valence-corrected chi connectivity index (χ1v) is 13.1. The second kappa shape index (κ2) is 11.3. The fourth-order valence-electron chi connectivity index (χ4n) is 4.60. The normalized spacial score (nSPS) is 16.4. The van der Waals surface area contributed by atoms with E-state index in [1.807, 2.05) is 97.1 Å². The minimum atomic E-state index is -0.668. The summed E-state index contributed by atoms with van der Waals surface area (Å²) in [6.45, 7) is 2.29. The topological polar surface area (TPSA) is 85.0 Å². The minimum Gasteiger partial charge on any atom is -0.490 e. The van der Waals surface area contributed by atoms with E-state index < -0.39 is 5.41 Å². The molecule has 4 aromatic rings. The maximum atomic E-state index is 6.48. The Morgan fingerprint density at radius 2 is 0.641 bits per heavy atom. The van der Waals surface area contributed by atoms with Crippen molar-refractivity contribution in [3.63, 3.8) is 0 Å². The van der Waals surface area contributed by atoms with Crippen LogP contribution in [0.4, 0.5) is 22.7 Å². The molecule has 4 N–H and O–H groups in total. The lowest BCUT2D eigenvalue weighted by Crippen LogP contribution is -2.45. The van der Waals surface area contributed by atoms with E-state index in [-0.39, 0.29) is 0 Å². The van der Waals surface area contributed by atoms with Gasteiger partial charge in [-0.25, -0.2) is 0 Å². The largest absolute Gasteiger partial charge is 0.490 e. The average molecular weight is 525 g/mol. The van der Waals surface area contributed by atoms with E-state index in [9.17, 15) is 0 Å². The van der Waals surface area contributed by atoms with E-state index in [1.165, 1.54) is 0 Å². The predicted octanol–water partition coefficient (Wildman–Crippen LogP) is 5.88. The van der Waals surface area contributed by atoms with E-state index in [2.05, 4.69) is 21.3 Å². The first kappa shape index (κ1) is 24.6. The summed E-state index contributed by atoms with van der Waals surface area (Å²) in [5.41, 5.74) is 2.94. The van der Waals surface area contributed by atoms with Gasteiger partial charge >= 0.3 is 0 Å². The van der Waals surface area contributed by atoms with Crippen LogP contribution < -0.4 is 40.2 Å². The highest BCUT2D eigenvalue weighted by atomic mass is 16.5. The number of nitrogens with one attached hydrogen (secondary N) is 4. The van der Waals surface area contributed by atoms with Crippen molar-refractivity contribution in [1.29, 1.82) is 0 Å². The Bertz CT molecular complexity index is 1200. The van der Waals surface area contributed by atoms with Gasteiger partial charge in [0.15, 0.2) is 0 Å². The third-order valence-electron chi connectivity index (χ3n) is 6.80. The molecule has 0 saturated carbocycles. The SMILES string of the molecule is c1ccc2c(c1)NCNc1ccccc1OCC1(CO2)COc2ccccc2NCNc2ccccc2OC1. The number of para-hydroxylation sites is 8. The van der Waals surface area contributed by atoms with E-state index >= 15 is 0 Å². The molecule has 0 aliphatic carbocycles. The molecular weight excluding hydrogens is 492 g/mol. The van der Waals surface area contributed by atoms with Crippen LogP contribution in [0, 0.1) is 5.41 Å². The zero-order chi connectivity index (χ0) is 26.3. The van der Waals surface area contributed by atoms with Gasteiger partial charge in [0.05, 0.1) is 36.1 Å². The Hall–Kier alpha value is -4.72. The van der Waals surface area contributed by atoms with Crippen LogP contribution in [0.3, 0.4) is 0 Å². The number of rotatable bonds is 0. The van der Waals surface area contributed by atoms with Gasteiger partial charge in [-0.1, -0.05) is 48.5 Å². The summed E-state index contributed by atoms with van der Waals surface area (Å²) < 4.78 is 25.9. The van der Waals surface area contributed by atoms with Crippen molar-refractivity contribution in [1.82, 2.24) is 0 Å². The highest BCUT2D eigenvalue weighted by molar-refractivity contribution is 5.61. The van der Waals surface area contributed by atoms with Crippen molar-refractivity contribution >= 4 is 22.7 Å². The van der Waals surface area contributed by atoms with Crippen LogP contribution >= 0.6 is 0 Å². The second-order valence-electron chi connectivity index (χ2n) is 9.70. The number of hydrogen-bond donors (Lipinski definition) is 4. The Kier molecular flexibility index (Phi) is 7.16. The molecule has 2 heterocycles. The van der Waals surface area contributed by atoms with Gasteiger partial charge in [-0.15, -0.1) is 0 Å². The van der Waals surface area contributed by atoms with Crippen molar-refractivity contribution in [2.24, 2.45) is 5.41 Å². The van der Waals surface area contributed by atoms with Gasteiger partial charge in [0.25, 0.3) is 0 Å². The van der Waals surface area contributed by atoms with Crippen molar-refractivity contribution in [2.75, 3.05) is 61.0 Å². The Balaban J connectivity index is 1.39. The molecule has 0 bridgehead atoms. The molecular formula is C31H32N4O4. The number of hydrogen-bond acceptors (Lipinski definition) is 8. The van der Waals surface area contributed by atoms with Gasteiger partial charge < -0.3 is 40.2 Å². The first-order valence-electron chi connectivity index (χ1n) is 13.1. The molecule has 0 amide bonds. The van der Waals surface area contributed by atoms with Gasteiger partial charge in [-0.3, -0.25) is 0 Å². The van der Waals surface area contributed by atoms with Gasteiger partial charge in [0, 0.05) is 0 Å². The fourth-order valence-corrected chi connectivity index (χ4v) is 4.60. The highest BCUT2D eigenvalue weighted by Gasteiger charge is 2.37. The van der Waals surface area contributed by atoms with Crippen molar-refractivity contribution in [2.45, 2.75) is 0 Å². The molecule has 6 rings (SSSR count). The fraction of sp³-hybridized carbons (Fsp3) is 0.226. The number of fused-ring (bicyclic) bond motifs is 4. The van der Waals surface area contributed by atoms with E-state index in [0.717, 1.165) is 45.7 Å². The lowest BCUT2D eigenvalue weighted by atomic mass is 9.91. The van der Waals surface area contributed by atoms with Gasteiger partial charge in [-0.2, -0.15) is 0 Å². The lowest BCUT2D eigenvalue weighted by Gasteiger charge is -2.34. The van der Waals surface area contributed by atoms with Gasteiger partial charge in [-0.05, 0) is 48.5 Å². The quantitative estimate of drug-likeness (QED) is 0.227. The van der Waals surface area contributed by atoms with E-state index in [1.54, 1.807) is 0 Å². The van der Waals surface area contributed by atoms with Crippen LogP contribution in [0.1, 0.15) is 0 Å². The van der Waals surface area contributed by atoms with E-state index in [4.69, 9.17) is 18.9 Å². The van der Waals surface area contributed by atoms with Crippen molar-refractivity contribution in [3.05, 3.63) is 97.1 Å². The first-order chi connectivity index (χ1) is 19.3. The molecule has 8 nitrogen and oxygen atoms in total. The van der Waals surface area contributed by atoms with Crippen LogP contribution in [0.5, 0.6) is 23.0 Å². The van der Waals surface area contributed by atoms with Crippen molar-refractivity contribution in [3.8, 4) is 23.0 Å². The molecule has 0 unspecified atom stereocenters. The van der Waals surface area contributed by atoms with Gasteiger partial charge in [0.1, 0.15) is 54.8 Å². The number of benzene rings is 4. The summed E-state index contributed by atoms with van der Waals surface area (Å²) in [5.74, 6) is 3.01. The monoisotopic (exact) mass is 524 g/mol. The average Bonchev–Trinajstić information content (AvgIpc) is 2.97. The number of ether oxygens (including phenoxy) is 4. The summed E-state index contributed by atoms with van der Waals surface area (Å²) in [6, 6.07) is 31.7. The Labute approximate surface area is 228 Å². The molecule has 8 heteroatoms. The van der Waals surface area contributed by atoms with E-state index in [0.29, 0.717) is 39.8 Å². The molecule has 1 spiro atoms. The summed E-state index contributed by atoms with van der Waals surface area (Å²) in [7, 11) is 0. The lowest BCUT2D eigenvalue weighted by molar-refractivity contribution is -0.00293. The highest BCUT2D eigenvalue weighted by Crippen LogP contribution is 2.34. The molecule has 0 fully saturated rings. The summed E-state index contributed by atoms with van der Waals surface area (Å²) in [4.78, 5) is 0. The number of anilines is 4. The molecule has 2 aliphatic rings. The third kappa shape index (κ3) is 5.75. The smallest absolute Gasteiger partial charge is 0.142 e. The standard InChI is InChI=1S/C31H32N4O4/c1-5-13-27-23(9-1)32-21-33-24-10-2-6-14-28(24)37-18-31(17-36-27)19-38-29-15-7-3-11-25(29)34-22-35-26-12-4-8-16-30(26)39-20-31/h1-16,32-35H,17-22H2. The van der Waals surface area contributed by atoms with Crippen LogP contribution in [0.2, 0.25) is 0 Å². The maximum absolute atomic E-state index is 6.48. The minimum absolute atomic E-state index is 0.312. The van der Waals surface area contributed by atoms with Crippen LogP contribution in [-0.4, -0.2) is 39.8 Å². The molecule has 0 atom stereocenters. The molecule has 0 aromatic heterocycles. The summed E-state index contributed by atoms with van der Waals surface area (Å²) >= 11 is 0. The third-order valence-corrected chi connectivity index (χ3v) is 6.80. The Morgan fingerprint density at radius 1 is 0.385 bits per heavy atom. The maximum Gasteiger partial charge on any atom is 0.142 e.